The lowest BCUT2D eigenvalue weighted by Gasteiger charge is -2.23. The van der Waals surface area contributed by atoms with Crippen LogP contribution in [0.5, 0.6) is 0 Å². The maximum atomic E-state index is 12.4. The molecule has 0 aliphatic carbocycles. The summed E-state index contributed by atoms with van der Waals surface area (Å²) >= 11 is 7.77. The largest absolute Gasteiger partial charge is 0.325 e. The molecule has 0 radical (unpaired) electrons. The van der Waals surface area contributed by atoms with Crippen LogP contribution in [0.25, 0.3) is 0 Å². The third-order valence-corrected chi connectivity index (χ3v) is 5.26. The molecule has 0 bridgehead atoms. The number of benzene rings is 1. The highest BCUT2D eigenvalue weighted by Crippen LogP contribution is 2.34. The molecule has 1 amide bonds. The molecule has 1 fully saturated rings. The van der Waals surface area contributed by atoms with Crippen LogP contribution in [0.15, 0.2) is 35.7 Å². The number of hydrogen-bond donors (Lipinski definition) is 1. The van der Waals surface area contributed by atoms with Crippen molar-refractivity contribution in [1.82, 2.24) is 4.90 Å². The molecular weight excluding hydrogens is 316 g/mol. The lowest BCUT2D eigenvalue weighted by atomic mass is 10.2. The maximum Gasteiger partial charge on any atom is 0.238 e. The number of nitrogens with one attached hydrogen (secondary N) is 1. The molecule has 3 rings (SSSR count). The third kappa shape index (κ3) is 3.51. The van der Waals surface area contributed by atoms with Crippen LogP contribution in [0.4, 0.5) is 5.69 Å². The number of aryl methyl sites for hydroxylation is 1. The van der Waals surface area contributed by atoms with Gasteiger partial charge in [0.25, 0.3) is 0 Å². The van der Waals surface area contributed by atoms with Crippen molar-refractivity contribution in [3.8, 4) is 0 Å². The van der Waals surface area contributed by atoms with Crippen LogP contribution >= 0.6 is 22.9 Å². The van der Waals surface area contributed by atoms with E-state index in [2.05, 4.69) is 27.7 Å². The summed E-state index contributed by atoms with van der Waals surface area (Å²) in [4.78, 5) is 16.0. The number of nitrogens with zero attached hydrogens (tertiary/aromatic N) is 1. The number of carbonyl (C=O) groups excluding carboxylic acids is 1. The molecule has 0 saturated carbocycles. The summed E-state index contributed by atoms with van der Waals surface area (Å²) < 4.78 is 0. The van der Waals surface area contributed by atoms with Crippen LogP contribution in [0.1, 0.15) is 29.3 Å². The van der Waals surface area contributed by atoms with Gasteiger partial charge in [-0.3, -0.25) is 9.69 Å². The number of carbonyl (C=O) groups is 1. The number of likely N-dealkylation sites (tertiary alicyclic amines) is 1. The second-order valence-electron chi connectivity index (χ2n) is 5.65. The maximum absolute atomic E-state index is 12.4. The van der Waals surface area contributed by atoms with E-state index >= 15 is 0 Å². The SMILES string of the molecule is Cc1ccc(Cl)cc1NC(=O)CN1CCCC1c1cccs1. The van der Waals surface area contributed by atoms with Gasteiger partial charge < -0.3 is 5.32 Å². The summed E-state index contributed by atoms with van der Waals surface area (Å²) in [5.41, 5.74) is 1.82. The Bertz CT molecular complexity index is 657. The van der Waals surface area contributed by atoms with Crippen molar-refractivity contribution in [1.29, 1.82) is 0 Å². The highest BCUT2D eigenvalue weighted by atomic mass is 35.5. The lowest BCUT2D eigenvalue weighted by molar-refractivity contribution is -0.117. The van der Waals surface area contributed by atoms with Crippen LogP contribution in [0.2, 0.25) is 5.02 Å². The summed E-state index contributed by atoms with van der Waals surface area (Å²) in [6.07, 6.45) is 2.27. The van der Waals surface area contributed by atoms with E-state index in [1.165, 1.54) is 4.88 Å². The van der Waals surface area contributed by atoms with Crippen molar-refractivity contribution in [2.24, 2.45) is 0 Å². The van der Waals surface area contributed by atoms with Gasteiger partial charge in [0.05, 0.1) is 6.54 Å². The summed E-state index contributed by atoms with van der Waals surface area (Å²) in [5.74, 6) is 0.0221. The first-order chi connectivity index (χ1) is 10.6. The molecule has 1 saturated heterocycles. The molecule has 1 aliphatic heterocycles. The Kier molecular flexibility index (Phi) is 4.81. The van der Waals surface area contributed by atoms with Crippen molar-refractivity contribution < 1.29 is 4.79 Å². The molecular formula is C17H19ClN2OS. The fourth-order valence-corrected chi connectivity index (χ4v) is 3.99. The molecule has 2 heterocycles. The highest BCUT2D eigenvalue weighted by molar-refractivity contribution is 7.10. The van der Waals surface area contributed by atoms with Gasteiger partial charge in [-0.05, 0) is 55.5 Å². The Labute approximate surface area is 139 Å². The van der Waals surface area contributed by atoms with E-state index in [9.17, 15) is 4.79 Å². The molecule has 22 heavy (non-hydrogen) atoms. The molecule has 1 N–H and O–H groups in total. The number of thiophene rings is 1. The van der Waals surface area contributed by atoms with Gasteiger partial charge in [0, 0.05) is 21.6 Å². The topological polar surface area (TPSA) is 32.3 Å². The predicted molar refractivity (Wildman–Crippen MR) is 92.7 cm³/mol. The van der Waals surface area contributed by atoms with Gasteiger partial charge in [-0.25, -0.2) is 0 Å². The molecule has 5 heteroatoms. The fourth-order valence-electron chi connectivity index (χ4n) is 2.92. The number of amides is 1. The average molecular weight is 335 g/mol. The zero-order valence-corrected chi connectivity index (χ0v) is 14.1. The first-order valence-electron chi connectivity index (χ1n) is 7.47. The van der Waals surface area contributed by atoms with Crippen LogP contribution in [0, 0.1) is 6.92 Å². The normalized spacial score (nSPS) is 18.5. The molecule has 2 aromatic rings. The molecule has 116 valence electrons. The minimum absolute atomic E-state index is 0.0221. The Morgan fingerprint density at radius 3 is 3.09 bits per heavy atom. The molecule has 1 unspecified atom stereocenters. The van der Waals surface area contributed by atoms with E-state index in [1.807, 2.05) is 19.1 Å². The minimum atomic E-state index is 0.0221. The molecule has 0 spiro atoms. The van der Waals surface area contributed by atoms with E-state index in [4.69, 9.17) is 11.6 Å². The Balaban J connectivity index is 1.65. The highest BCUT2D eigenvalue weighted by Gasteiger charge is 2.28. The lowest BCUT2D eigenvalue weighted by Crippen LogP contribution is -2.32. The second-order valence-corrected chi connectivity index (χ2v) is 7.07. The van der Waals surface area contributed by atoms with Crippen molar-refractivity contribution in [2.45, 2.75) is 25.8 Å². The Morgan fingerprint density at radius 1 is 1.45 bits per heavy atom. The Hall–Kier alpha value is -1.36. The number of anilines is 1. The minimum Gasteiger partial charge on any atom is -0.325 e. The summed E-state index contributed by atoms with van der Waals surface area (Å²) in [5, 5.41) is 5.72. The van der Waals surface area contributed by atoms with E-state index in [0.29, 0.717) is 17.6 Å². The number of halogens is 1. The third-order valence-electron chi connectivity index (χ3n) is 4.06. The standard InChI is InChI=1S/C17H19ClN2OS/c1-12-6-7-13(18)10-14(12)19-17(21)11-20-8-2-4-15(20)16-5-3-9-22-16/h3,5-7,9-10,15H,2,4,8,11H2,1H3,(H,19,21). The van der Waals surface area contributed by atoms with E-state index in [-0.39, 0.29) is 5.91 Å². The zero-order valence-electron chi connectivity index (χ0n) is 12.5. The smallest absolute Gasteiger partial charge is 0.238 e. The summed E-state index contributed by atoms with van der Waals surface area (Å²) in [6, 6.07) is 10.2. The zero-order chi connectivity index (χ0) is 15.5. The van der Waals surface area contributed by atoms with Crippen LogP contribution in [-0.2, 0) is 4.79 Å². The second kappa shape index (κ2) is 6.82. The molecule has 3 nitrogen and oxygen atoms in total. The molecule has 1 aliphatic rings. The number of rotatable bonds is 4. The molecule has 1 atom stereocenters. The first kappa shape index (κ1) is 15.5. The average Bonchev–Trinajstić information content (AvgIpc) is 3.13. The van der Waals surface area contributed by atoms with Gasteiger partial charge in [0.2, 0.25) is 5.91 Å². The quantitative estimate of drug-likeness (QED) is 0.893. The van der Waals surface area contributed by atoms with E-state index < -0.39 is 0 Å². The van der Waals surface area contributed by atoms with Crippen molar-refractivity contribution in [2.75, 3.05) is 18.4 Å². The van der Waals surface area contributed by atoms with Crippen LogP contribution in [-0.4, -0.2) is 23.9 Å². The van der Waals surface area contributed by atoms with Crippen molar-refractivity contribution in [3.63, 3.8) is 0 Å². The number of hydrogen-bond acceptors (Lipinski definition) is 3. The first-order valence-corrected chi connectivity index (χ1v) is 8.73. The predicted octanol–water partition coefficient (Wildman–Crippen LogP) is 4.49. The van der Waals surface area contributed by atoms with Gasteiger partial charge in [-0.2, -0.15) is 0 Å². The molecule has 1 aromatic carbocycles. The van der Waals surface area contributed by atoms with Gasteiger partial charge in [-0.15, -0.1) is 11.3 Å². The van der Waals surface area contributed by atoms with Gasteiger partial charge >= 0.3 is 0 Å². The fraction of sp³-hybridized carbons (Fsp3) is 0.353. The van der Waals surface area contributed by atoms with E-state index in [0.717, 1.165) is 30.6 Å². The summed E-state index contributed by atoms with van der Waals surface area (Å²) in [6.45, 7) is 3.37. The van der Waals surface area contributed by atoms with E-state index in [1.54, 1.807) is 17.4 Å². The monoisotopic (exact) mass is 334 g/mol. The van der Waals surface area contributed by atoms with Crippen LogP contribution < -0.4 is 5.32 Å². The van der Waals surface area contributed by atoms with Gasteiger partial charge in [0.15, 0.2) is 0 Å². The van der Waals surface area contributed by atoms with Gasteiger partial charge in [-0.1, -0.05) is 23.7 Å². The molecule has 1 aromatic heterocycles. The van der Waals surface area contributed by atoms with Crippen molar-refractivity contribution >= 4 is 34.5 Å². The summed E-state index contributed by atoms with van der Waals surface area (Å²) in [7, 11) is 0. The van der Waals surface area contributed by atoms with Crippen LogP contribution in [0.3, 0.4) is 0 Å². The Morgan fingerprint density at radius 2 is 2.32 bits per heavy atom. The van der Waals surface area contributed by atoms with Gasteiger partial charge in [0.1, 0.15) is 0 Å². The van der Waals surface area contributed by atoms with Crippen molar-refractivity contribution in [3.05, 3.63) is 51.2 Å².